The monoisotopic (exact) mass is 516 g/mol. The molecule has 2 aliphatic rings. The number of likely N-dealkylation sites (tertiary alicyclic amines) is 1. The topological polar surface area (TPSA) is 97.8 Å². The molecule has 9 nitrogen and oxygen atoms in total. The summed E-state index contributed by atoms with van der Waals surface area (Å²) in [6.07, 6.45) is 0. The zero-order chi connectivity index (χ0) is 25.8. The number of hydrogen-bond acceptors (Lipinski definition) is 8. The summed E-state index contributed by atoms with van der Waals surface area (Å²) in [5.74, 6) is -0.564. The van der Waals surface area contributed by atoms with Crippen LogP contribution in [0.5, 0.6) is 17.2 Å². The highest BCUT2D eigenvalue weighted by molar-refractivity contribution is 6.46. The fourth-order valence-corrected chi connectivity index (χ4v) is 4.86. The van der Waals surface area contributed by atoms with Crippen LogP contribution in [0.2, 0.25) is 5.02 Å². The highest BCUT2D eigenvalue weighted by Crippen LogP contribution is 2.45. The summed E-state index contributed by atoms with van der Waals surface area (Å²) in [6.45, 7) is 3.53. The molecule has 2 aromatic rings. The van der Waals surface area contributed by atoms with Crippen LogP contribution in [0.3, 0.4) is 0 Å². The first-order valence-electron chi connectivity index (χ1n) is 11.5. The maximum Gasteiger partial charge on any atom is 0.295 e. The van der Waals surface area contributed by atoms with Crippen molar-refractivity contribution in [2.24, 2.45) is 0 Å². The van der Waals surface area contributed by atoms with E-state index in [1.165, 1.54) is 32.3 Å². The number of benzene rings is 2. The number of para-hydroxylation sites is 1. The summed E-state index contributed by atoms with van der Waals surface area (Å²) in [4.78, 5) is 30.3. The quantitative estimate of drug-likeness (QED) is 0.325. The molecule has 192 valence electrons. The maximum atomic E-state index is 13.4. The van der Waals surface area contributed by atoms with E-state index in [1.807, 2.05) is 0 Å². The van der Waals surface area contributed by atoms with Crippen LogP contribution in [-0.4, -0.2) is 87.3 Å². The van der Waals surface area contributed by atoms with E-state index in [2.05, 4.69) is 4.90 Å². The van der Waals surface area contributed by atoms with Gasteiger partial charge in [-0.15, -0.1) is 0 Å². The zero-order valence-electron chi connectivity index (χ0n) is 20.5. The molecule has 4 rings (SSSR count). The fourth-order valence-electron chi connectivity index (χ4n) is 4.60. The highest BCUT2D eigenvalue weighted by atomic mass is 35.5. The Morgan fingerprint density at radius 1 is 1.03 bits per heavy atom. The lowest BCUT2D eigenvalue weighted by molar-refractivity contribution is -0.140. The molecule has 2 aliphatic heterocycles. The maximum absolute atomic E-state index is 13.4. The molecule has 0 saturated carbocycles. The zero-order valence-corrected chi connectivity index (χ0v) is 21.2. The van der Waals surface area contributed by atoms with E-state index in [0.29, 0.717) is 48.1 Å². The van der Waals surface area contributed by atoms with Gasteiger partial charge in [0.05, 0.1) is 51.2 Å². The van der Waals surface area contributed by atoms with Gasteiger partial charge in [0, 0.05) is 37.3 Å². The lowest BCUT2D eigenvalue weighted by Crippen LogP contribution is -2.42. The number of aliphatic hydroxyl groups excluding tert-OH is 1. The SMILES string of the molecule is COc1ccc(/C(O)=C2\C(=O)C(=O)N(CCN3CCOCC3)[C@@H]2c2cccc(OC)c2OC)cc1Cl. The molecular weight excluding hydrogens is 488 g/mol. The number of carbonyl (C=O) groups is 2. The number of amides is 1. The number of nitrogens with zero attached hydrogens (tertiary/aromatic N) is 2. The number of hydrogen-bond donors (Lipinski definition) is 1. The van der Waals surface area contributed by atoms with Gasteiger partial charge in [-0.3, -0.25) is 14.5 Å². The van der Waals surface area contributed by atoms with Crippen molar-refractivity contribution in [1.82, 2.24) is 9.80 Å². The lowest BCUT2D eigenvalue weighted by atomic mass is 9.94. The molecule has 0 aliphatic carbocycles. The minimum Gasteiger partial charge on any atom is -0.507 e. The van der Waals surface area contributed by atoms with Gasteiger partial charge in [0.1, 0.15) is 11.5 Å². The van der Waals surface area contributed by atoms with Gasteiger partial charge in [-0.25, -0.2) is 0 Å². The van der Waals surface area contributed by atoms with Crippen LogP contribution in [0.15, 0.2) is 42.0 Å². The molecule has 1 amide bonds. The molecule has 36 heavy (non-hydrogen) atoms. The third kappa shape index (κ3) is 4.86. The summed E-state index contributed by atoms with van der Waals surface area (Å²) in [5, 5.41) is 11.6. The Bertz CT molecular complexity index is 1180. The van der Waals surface area contributed by atoms with Crippen LogP contribution >= 0.6 is 11.6 Å². The van der Waals surface area contributed by atoms with E-state index in [-0.39, 0.29) is 22.9 Å². The van der Waals surface area contributed by atoms with Crippen molar-refractivity contribution >= 4 is 29.1 Å². The second-order valence-corrected chi connectivity index (χ2v) is 8.79. The first-order chi connectivity index (χ1) is 17.4. The minimum absolute atomic E-state index is 0.0465. The van der Waals surface area contributed by atoms with Crippen LogP contribution in [0.25, 0.3) is 5.76 Å². The van der Waals surface area contributed by atoms with Gasteiger partial charge in [-0.1, -0.05) is 23.7 Å². The van der Waals surface area contributed by atoms with Crippen LogP contribution in [0, 0.1) is 0 Å². The van der Waals surface area contributed by atoms with E-state index in [9.17, 15) is 14.7 Å². The number of ether oxygens (including phenoxy) is 4. The minimum atomic E-state index is -0.892. The summed E-state index contributed by atoms with van der Waals surface area (Å²) in [7, 11) is 4.48. The van der Waals surface area contributed by atoms with Gasteiger partial charge < -0.3 is 29.0 Å². The number of halogens is 1. The largest absolute Gasteiger partial charge is 0.507 e. The van der Waals surface area contributed by atoms with Gasteiger partial charge in [0.2, 0.25) is 0 Å². The van der Waals surface area contributed by atoms with E-state index in [4.69, 9.17) is 30.5 Å². The molecule has 1 N–H and O–H groups in total. The van der Waals surface area contributed by atoms with Crippen molar-refractivity contribution in [2.45, 2.75) is 6.04 Å². The number of rotatable bonds is 8. The highest BCUT2D eigenvalue weighted by Gasteiger charge is 2.47. The van der Waals surface area contributed by atoms with Crippen LogP contribution in [-0.2, 0) is 14.3 Å². The van der Waals surface area contributed by atoms with Crippen molar-refractivity contribution in [3.05, 3.63) is 58.1 Å². The van der Waals surface area contributed by atoms with Crippen molar-refractivity contribution in [3.63, 3.8) is 0 Å². The van der Waals surface area contributed by atoms with Gasteiger partial charge in [0.15, 0.2) is 11.5 Å². The number of carbonyl (C=O) groups excluding carboxylic acids is 2. The van der Waals surface area contributed by atoms with Crippen LogP contribution in [0.1, 0.15) is 17.2 Å². The Morgan fingerprint density at radius 2 is 1.75 bits per heavy atom. The summed E-state index contributed by atoms with van der Waals surface area (Å²) in [5.41, 5.74) is 0.771. The molecule has 10 heteroatoms. The molecular formula is C26H29ClN2O7. The number of morpholine rings is 1. The predicted octanol–water partition coefficient (Wildman–Crippen LogP) is 3.12. The lowest BCUT2D eigenvalue weighted by Gasteiger charge is -2.31. The summed E-state index contributed by atoms with van der Waals surface area (Å²) < 4.78 is 21.7. The van der Waals surface area contributed by atoms with E-state index in [1.54, 1.807) is 30.3 Å². The normalized spacial score (nSPS) is 20.0. The van der Waals surface area contributed by atoms with Crippen LogP contribution < -0.4 is 14.2 Å². The second kappa shape index (κ2) is 11.2. The van der Waals surface area contributed by atoms with Gasteiger partial charge in [-0.05, 0) is 24.3 Å². The Hall–Kier alpha value is -3.27. The first-order valence-corrected chi connectivity index (χ1v) is 11.9. The third-order valence-corrected chi connectivity index (χ3v) is 6.75. The van der Waals surface area contributed by atoms with Gasteiger partial charge in [-0.2, -0.15) is 0 Å². The van der Waals surface area contributed by atoms with Crippen molar-refractivity contribution < 1.29 is 33.6 Å². The standard InChI is InChI=1S/C26H29ClN2O7/c1-33-19-8-7-16(15-18(19)27)23(30)21-22(17-5-4-6-20(34-2)25(17)35-3)29(26(32)24(21)31)10-9-28-11-13-36-14-12-28/h4-8,15,22,30H,9-14H2,1-3H3/b23-21+/t22-/m1/s1. The molecule has 2 saturated heterocycles. The molecule has 0 bridgehead atoms. The molecule has 1 atom stereocenters. The molecule has 0 spiro atoms. The van der Waals surface area contributed by atoms with Gasteiger partial charge >= 0.3 is 0 Å². The second-order valence-electron chi connectivity index (χ2n) is 8.38. The molecule has 2 heterocycles. The van der Waals surface area contributed by atoms with Crippen molar-refractivity contribution in [1.29, 1.82) is 0 Å². The van der Waals surface area contributed by atoms with E-state index in [0.717, 1.165) is 13.1 Å². The number of Topliss-reactive ketones (excluding diaryl/α,β-unsaturated/α-hetero) is 1. The molecule has 0 radical (unpaired) electrons. The van der Waals surface area contributed by atoms with Crippen molar-refractivity contribution in [2.75, 3.05) is 60.7 Å². The van der Waals surface area contributed by atoms with E-state index >= 15 is 0 Å². The summed E-state index contributed by atoms with van der Waals surface area (Å²) in [6, 6.07) is 9.02. The molecule has 0 aromatic heterocycles. The Morgan fingerprint density at radius 3 is 2.39 bits per heavy atom. The van der Waals surface area contributed by atoms with Gasteiger partial charge in [0.25, 0.3) is 11.7 Å². The first kappa shape index (κ1) is 25.8. The molecule has 2 aromatic carbocycles. The van der Waals surface area contributed by atoms with Crippen molar-refractivity contribution in [3.8, 4) is 17.2 Å². The van der Waals surface area contributed by atoms with Crippen LogP contribution in [0.4, 0.5) is 0 Å². The number of aliphatic hydroxyl groups is 1. The summed E-state index contributed by atoms with van der Waals surface area (Å²) >= 11 is 6.28. The Labute approximate surface area is 214 Å². The molecule has 0 unspecified atom stereocenters. The Balaban J connectivity index is 1.83. The number of ketones is 1. The smallest absolute Gasteiger partial charge is 0.295 e. The predicted molar refractivity (Wildman–Crippen MR) is 134 cm³/mol. The average molecular weight is 517 g/mol. The number of methoxy groups -OCH3 is 3. The third-order valence-electron chi connectivity index (χ3n) is 6.45. The molecule has 2 fully saturated rings. The average Bonchev–Trinajstić information content (AvgIpc) is 3.16. The van der Waals surface area contributed by atoms with E-state index < -0.39 is 17.7 Å². The Kier molecular flexibility index (Phi) is 8.03. The fraction of sp³-hybridized carbons (Fsp3) is 0.385.